The fraction of sp³-hybridized carbons (Fsp3) is 0.583. The third-order valence-electron chi connectivity index (χ3n) is 2.67. The Morgan fingerprint density at radius 2 is 2.00 bits per heavy atom. The fourth-order valence-electron chi connectivity index (χ4n) is 1.23. The lowest BCUT2D eigenvalue weighted by Gasteiger charge is -2.26. The van der Waals surface area contributed by atoms with Gasteiger partial charge in [0.1, 0.15) is 0 Å². The van der Waals surface area contributed by atoms with Gasteiger partial charge in [0, 0.05) is 18.4 Å². The highest BCUT2D eigenvalue weighted by Crippen LogP contribution is 2.07. The Kier molecular flexibility index (Phi) is 4.24. The summed E-state index contributed by atoms with van der Waals surface area (Å²) in [6, 6.07) is 4.12. The Balaban J connectivity index is 2.28. The van der Waals surface area contributed by atoms with Gasteiger partial charge >= 0.3 is 0 Å². The van der Waals surface area contributed by atoms with Crippen molar-refractivity contribution >= 4 is 0 Å². The zero-order chi connectivity index (χ0) is 11.3. The molecule has 0 aliphatic rings. The van der Waals surface area contributed by atoms with Crippen molar-refractivity contribution in [2.24, 2.45) is 0 Å². The molecular formula is C12H20N2O. The van der Waals surface area contributed by atoms with Crippen molar-refractivity contribution in [2.45, 2.75) is 38.8 Å². The molecule has 1 aromatic heterocycles. The fourth-order valence-corrected chi connectivity index (χ4v) is 1.23. The third-order valence-corrected chi connectivity index (χ3v) is 2.67. The average Bonchev–Trinajstić information content (AvgIpc) is 2.18. The molecule has 0 aliphatic carbocycles. The highest BCUT2D eigenvalue weighted by atomic mass is 16.3. The molecule has 1 rings (SSSR count). The zero-order valence-corrected chi connectivity index (χ0v) is 9.70. The van der Waals surface area contributed by atoms with Gasteiger partial charge in [-0.1, -0.05) is 0 Å². The van der Waals surface area contributed by atoms with Gasteiger partial charge in [0.05, 0.1) is 5.60 Å². The van der Waals surface area contributed by atoms with Crippen molar-refractivity contribution in [3.63, 3.8) is 0 Å². The van der Waals surface area contributed by atoms with Crippen LogP contribution in [0, 0.1) is 0 Å². The number of hydrogen-bond acceptors (Lipinski definition) is 3. The number of nitrogens with zero attached hydrogens (tertiary/aromatic N) is 1. The van der Waals surface area contributed by atoms with Crippen molar-refractivity contribution < 1.29 is 5.11 Å². The minimum absolute atomic E-state index is 0.0966. The second kappa shape index (κ2) is 5.24. The first-order valence-corrected chi connectivity index (χ1v) is 5.35. The van der Waals surface area contributed by atoms with Crippen LogP contribution >= 0.6 is 0 Å². The van der Waals surface area contributed by atoms with E-state index in [9.17, 15) is 5.11 Å². The van der Waals surface area contributed by atoms with Gasteiger partial charge in [-0.15, -0.1) is 0 Å². The topological polar surface area (TPSA) is 45.2 Å². The summed E-state index contributed by atoms with van der Waals surface area (Å²) in [5.41, 5.74) is 0.596. The first kappa shape index (κ1) is 12.1. The van der Waals surface area contributed by atoms with Gasteiger partial charge in [0.2, 0.25) is 0 Å². The molecule has 0 saturated heterocycles. The van der Waals surface area contributed by atoms with Crippen LogP contribution in [0.5, 0.6) is 0 Å². The number of pyridine rings is 1. The minimum Gasteiger partial charge on any atom is -0.389 e. The maximum atomic E-state index is 9.71. The number of nitrogens with one attached hydrogen (secondary N) is 1. The van der Waals surface area contributed by atoms with Crippen molar-refractivity contribution in [2.75, 3.05) is 6.54 Å². The lowest BCUT2D eigenvalue weighted by Crippen LogP contribution is -2.45. The van der Waals surface area contributed by atoms with E-state index in [1.54, 1.807) is 12.4 Å². The molecule has 84 valence electrons. The number of aliphatic hydroxyl groups is 1. The van der Waals surface area contributed by atoms with Crippen LogP contribution in [0.3, 0.4) is 0 Å². The predicted molar refractivity (Wildman–Crippen MR) is 61.7 cm³/mol. The molecule has 0 aliphatic heterocycles. The smallest absolute Gasteiger partial charge is 0.0741 e. The summed E-state index contributed by atoms with van der Waals surface area (Å²) >= 11 is 0. The molecule has 3 nitrogen and oxygen atoms in total. The zero-order valence-electron chi connectivity index (χ0n) is 9.70. The molecular weight excluding hydrogens is 188 g/mol. The van der Waals surface area contributed by atoms with E-state index in [4.69, 9.17) is 0 Å². The van der Waals surface area contributed by atoms with Gasteiger partial charge in [-0.25, -0.2) is 0 Å². The second-order valence-corrected chi connectivity index (χ2v) is 4.43. The van der Waals surface area contributed by atoms with E-state index in [1.165, 1.54) is 5.56 Å². The molecule has 3 heteroatoms. The van der Waals surface area contributed by atoms with Crippen LogP contribution in [-0.2, 0) is 6.42 Å². The Morgan fingerprint density at radius 1 is 1.40 bits per heavy atom. The van der Waals surface area contributed by atoms with Crippen LogP contribution in [0.1, 0.15) is 26.3 Å². The molecule has 0 bridgehead atoms. The molecule has 15 heavy (non-hydrogen) atoms. The lowest BCUT2D eigenvalue weighted by atomic mass is 10.0. The summed E-state index contributed by atoms with van der Waals surface area (Å²) in [6.07, 6.45) is 4.56. The summed E-state index contributed by atoms with van der Waals surface area (Å²) in [7, 11) is 0. The molecule has 0 aromatic carbocycles. The maximum Gasteiger partial charge on any atom is 0.0741 e. The van der Waals surface area contributed by atoms with Gasteiger partial charge in [-0.05, 0) is 51.4 Å². The standard InChI is InChI=1S/C12H20N2O/c1-10(12(2,3)15)14-9-6-11-4-7-13-8-5-11/h4-5,7-8,10,14-15H,6,9H2,1-3H3. The van der Waals surface area contributed by atoms with Crippen molar-refractivity contribution in [1.29, 1.82) is 0 Å². The number of rotatable bonds is 5. The maximum absolute atomic E-state index is 9.71. The van der Waals surface area contributed by atoms with Crippen molar-refractivity contribution in [1.82, 2.24) is 10.3 Å². The number of hydrogen-bond donors (Lipinski definition) is 2. The molecule has 0 radical (unpaired) electrons. The van der Waals surface area contributed by atoms with Crippen molar-refractivity contribution in [3.8, 4) is 0 Å². The summed E-state index contributed by atoms with van der Waals surface area (Å²) in [5, 5.41) is 13.0. The Bertz CT molecular complexity index is 279. The molecule has 1 heterocycles. The van der Waals surface area contributed by atoms with Gasteiger partial charge in [-0.2, -0.15) is 0 Å². The van der Waals surface area contributed by atoms with Crippen LogP contribution in [0.2, 0.25) is 0 Å². The minimum atomic E-state index is -0.668. The summed E-state index contributed by atoms with van der Waals surface area (Å²) in [6.45, 7) is 6.50. The van der Waals surface area contributed by atoms with Gasteiger partial charge in [-0.3, -0.25) is 4.98 Å². The summed E-state index contributed by atoms with van der Waals surface area (Å²) in [5.74, 6) is 0. The first-order valence-electron chi connectivity index (χ1n) is 5.35. The van der Waals surface area contributed by atoms with Crippen LogP contribution in [0.25, 0.3) is 0 Å². The second-order valence-electron chi connectivity index (χ2n) is 4.43. The number of aromatic nitrogens is 1. The van der Waals surface area contributed by atoms with Crippen LogP contribution in [0.4, 0.5) is 0 Å². The SMILES string of the molecule is CC(NCCc1ccncc1)C(C)(C)O. The first-order chi connectivity index (χ1) is 7.00. The molecule has 0 amide bonds. The van der Waals surface area contributed by atoms with Crippen LogP contribution in [-0.4, -0.2) is 28.3 Å². The average molecular weight is 208 g/mol. The molecule has 0 saturated carbocycles. The summed E-state index contributed by atoms with van der Waals surface area (Å²) in [4.78, 5) is 3.97. The predicted octanol–water partition coefficient (Wildman–Crippen LogP) is 1.37. The molecule has 2 N–H and O–H groups in total. The molecule has 1 atom stereocenters. The van der Waals surface area contributed by atoms with Crippen LogP contribution < -0.4 is 5.32 Å². The lowest BCUT2D eigenvalue weighted by molar-refractivity contribution is 0.0446. The Labute approximate surface area is 91.5 Å². The van der Waals surface area contributed by atoms with Gasteiger partial charge < -0.3 is 10.4 Å². The molecule has 0 spiro atoms. The molecule has 0 fully saturated rings. The highest BCUT2D eigenvalue weighted by Gasteiger charge is 2.20. The van der Waals surface area contributed by atoms with Crippen molar-refractivity contribution in [3.05, 3.63) is 30.1 Å². The van der Waals surface area contributed by atoms with E-state index >= 15 is 0 Å². The summed E-state index contributed by atoms with van der Waals surface area (Å²) < 4.78 is 0. The molecule has 1 aromatic rings. The van der Waals surface area contributed by atoms with E-state index in [0.717, 1.165) is 13.0 Å². The third kappa shape index (κ3) is 4.40. The Hall–Kier alpha value is -0.930. The van der Waals surface area contributed by atoms with E-state index in [0.29, 0.717) is 0 Å². The van der Waals surface area contributed by atoms with Crippen LogP contribution in [0.15, 0.2) is 24.5 Å². The van der Waals surface area contributed by atoms with E-state index in [-0.39, 0.29) is 6.04 Å². The van der Waals surface area contributed by atoms with E-state index < -0.39 is 5.60 Å². The quantitative estimate of drug-likeness (QED) is 0.768. The largest absolute Gasteiger partial charge is 0.389 e. The van der Waals surface area contributed by atoms with E-state index in [2.05, 4.69) is 10.3 Å². The van der Waals surface area contributed by atoms with E-state index in [1.807, 2.05) is 32.9 Å². The highest BCUT2D eigenvalue weighted by molar-refractivity contribution is 5.09. The monoisotopic (exact) mass is 208 g/mol. The van der Waals surface area contributed by atoms with Gasteiger partial charge in [0.25, 0.3) is 0 Å². The van der Waals surface area contributed by atoms with Gasteiger partial charge in [0.15, 0.2) is 0 Å². The molecule has 1 unspecified atom stereocenters. The normalized spacial score (nSPS) is 13.9. The Morgan fingerprint density at radius 3 is 2.53 bits per heavy atom.